The minimum absolute atomic E-state index is 0.111. The molecule has 0 aliphatic heterocycles. The maximum absolute atomic E-state index is 12.1. The maximum Gasteiger partial charge on any atom is 0.174 e. The molecule has 2 nitrogen and oxygen atoms in total. The van der Waals surface area contributed by atoms with Crippen molar-refractivity contribution in [3.05, 3.63) is 58.3 Å². The third-order valence-corrected chi connectivity index (χ3v) is 3.33. The number of thiophene rings is 1. The highest BCUT2D eigenvalue weighted by Crippen LogP contribution is 2.16. The fourth-order valence-electron chi connectivity index (χ4n) is 1.63. The summed E-state index contributed by atoms with van der Waals surface area (Å²) in [5, 5.41) is 3.62. The minimum Gasteiger partial charge on any atom is -0.293 e. The van der Waals surface area contributed by atoms with Gasteiger partial charge in [-0.15, -0.1) is 0 Å². The number of hydrogen-bond acceptors (Lipinski definition) is 3. The van der Waals surface area contributed by atoms with Crippen LogP contribution in [0.5, 0.6) is 0 Å². The van der Waals surface area contributed by atoms with Crippen molar-refractivity contribution in [1.29, 1.82) is 0 Å². The maximum atomic E-state index is 12.1. The van der Waals surface area contributed by atoms with E-state index in [4.69, 9.17) is 0 Å². The van der Waals surface area contributed by atoms with E-state index < -0.39 is 5.92 Å². The lowest BCUT2D eigenvalue weighted by molar-refractivity contribution is 0.0821. The molecule has 2 aromatic rings. The van der Waals surface area contributed by atoms with E-state index in [1.165, 1.54) is 11.3 Å². The molecule has 2 rings (SSSR count). The van der Waals surface area contributed by atoms with Gasteiger partial charge in [0, 0.05) is 16.5 Å². The normalized spacial score (nSPS) is 12.1. The summed E-state index contributed by atoms with van der Waals surface area (Å²) in [6.07, 6.45) is 0. The van der Waals surface area contributed by atoms with Gasteiger partial charge in [-0.1, -0.05) is 30.3 Å². The minimum atomic E-state index is -0.619. The number of rotatable bonds is 4. The van der Waals surface area contributed by atoms with Gasteiger partial charge in [-0.05, 0) is 18.4 Å². The van der Waals surface area contributed by atoms with Crippen LogP contribution in [0.2, 0.25) is 0 Å². The number of carbonyl (C=O) groups excluding carboxylic acids is 2. The Kier molecular flexibility index (Phi) is 3.49. The topological polar surface area (TPSA) is 34.1 Å². The van der Waals surface area contributed by atoms with Crippen molar-refractivity contribution in [3.63, 3.8) is 0 Å². The second kappa shape index (κ2) is 5.06. The summed E-state index contributed by atoms with van der Waals surface area (Å²) in [4.78, 5) is 24.1. The Morgan fingerprint density at radius 3 is 2.24 bits per heavy atom. The highest BCUT2D eigenvalue weighted by Gasteiger charge is 2.23. The van der Waals surface area contributed by atoms with Crippen molar-refractivity contribution < 1.29 is 9.59 Å². The first kappa shape index (κ1) is 11.7. The highest BCUT2D eigenvalue weighted by molar-refractivity contribution is 7.08. The summed E-state index contributed by atoms with van der Waals surface area (Å²) in [7, 11) is 0. The molecule has 1 heterocycles. The molecule has 0 bridgehead atoms. The molecule has 1 aromatic carbocycles. The zero-order valence-electron chi connectivity index (χ0n) is 9.42. The van der Waals surface area contributed by atoms with Crippen LogP contribution in [0, 0.1) is 5.92 Å². The predicted octanol–water partition coefficient (Wildman–Crippen LogP) is 3.45. The van der Waals surface area contributed by atoms with E-state index in [1.807, 2.05) is 11.4 Å². The monoisotopic (exact) mass is 244 g/mol. The van der Waals surface area contributed by atoms with Gasteiger partial charge in [0.25, 0.3) is 0 Å². The summed E-state index contributed by atoms with van der Waals surface area (Å²) in [6, 6.07) is 10.7. The zero-order valence-corrected chi connectivity index (χ0v) is 10.2. The van der Waals surface area contributed by atoms with Gasteiger partial charge in [-0.3, -0.25) is 9.59 Å². The summed E-state index contributed by atoms with van der Waals surface area (Å²) in [5.74, 6) is -0.853. The predicted molar refractivity (Wildman–Crippen MR) is 68.6 cm³/mol. The van der Waals surface area contributed by atoms with E-state index in [0.29, 0.717) is 11.1 Å². The van der Waals surface area contributed by atoms with Crippen molar-refractivity contribution in [1.82, 2.24) is 0 Å². The van der Waals surface area contributed by atoms with Gasteiger partial charge in [-0.25, -0.2) is 0 Å². The third kappa shape index (κ3) is 2.50. The van der Waals surface area contributed by atoms with E-state index >= 15 is 0 Å². The van der Waals surface area contributed by atoms with Crippen LogP contribution in [0.4, 0.5) is 0 Å². The fraction of sp³-hybridized carbons (Fsp3) is 0.143. The number of benzene rings is 1. The average Bonchev–Trinajstić information content (AvgIpc) is 2.91. The quantitative estimate of drug-likeness (QED) is 0.609. The molecule has 86 valence electrons. The lowest BCUT2D eigenvalue weighted by Gasteiger charge is -2.08. The van der Waals surface area contributed by atoms with Crippen LogP contribution >= 0.6 is 11.3 Å². The molecule has 0 saturated carbocycles. The van der Waals surface area contributed by atoms with Gasteiger partial charge in [-0.2, -0.15) is 11.3 Å². The molecular formula is C14H12O2S. The average molecular weight is 244 g/mol. The lowest BCUT2D eigenvalue weighted by Crippen LogP contribution is -2.20. The first-order chi connectivity index (χ1) is 8.20. The molecule has 0 N–H and O–H groups in total. The van der Waals surface area contributed by atoms with Gasteiger partial charge in [0.15, 0.2) is 11.6 Å². The van der Waals surface area contributed by atoms with Gasteiger partial charge in [0.2, 0.25) is 0 Å². The van der Waals surface area contributed by atoms with E-state index in [2.05, 4.69) is 0 Å². The number of ketones is 2. The summed E-state index contributed by atoms with van der Waals surface area (Å²) in [5.41, 5.74) is 1.20. The van der Waals surface area contributed by atoms with Crippen LogP contribution < -0.4 is 0 Å². The second-order valence-electron chi connectivity index (χ2n) is 3.83. The lowest BCUT2D eigenvalue weighted by atomic mass is 9.93. The molecule has 0 aliphatic rings. The Hall–Kier alpha value is -1.74. The van der Waals surface area contributed by atoms with Crippen molar-refractivity contribution in [2.75, 3.05) is 0 Å². The molecule has 0 spiro atoms. The molecule has 17 heavy (non-hydrogen) atoms. The van der Waals surface area contributed by atoms with Crippen LogP contribution in [-0.4, -0.2) is 11.6 Å². The Bertz CT molecular complexity index is 514. The molecule has 0 fully saturated rings. The summed E-state index contributed by atoms with van der Waals surface area (Å²) < 4.78 is 0. The SMILES string of the molecule is CC(C(=O)c1ccccc1)C(=O)c1ccsc1. The fourth-order valence-corrected chi connectivity index (χ4v) is 2.27. The molecule has 0 saturated heterocycles. The molecule has 0 radical (unpaired) electrons. The van der Waals surface area contributed by atoms with Gasteiger partial charge < -0.3 is 0 Å². The van der Waals surface area contributed by atoms with E-state index in [-0.39, 0.29) is 11.6 Å². The highest BCUT2D eigenvalue weighted by atomic mass is 32.1. The number of Topliss-reactive ketones (excluding diaryl/α,β-unsaturated/α-hetero) is 2. The van der Waals surface area contributed by atoms with E-state index in [1.54, 1.807) is 42.6 Å². The summed E-state index contributed by atoms with van der Waals surface area (Å²) >= 11 is 1.46. The molecule has 0 aliphatic carbocycles. The number of hydrogen-bond donors (Lipinski definition) is 0. The Morgan fingerprint density at radius 1 is 1.00 bits per heavy atom. The Balaban J connectivity index is 2.19. The van der Waals surface area contributed by atoms with Gasteiger partial charge >= 0.3 is 0 Å². The Morgan fingerprint density at radius 2 is 1.65 bits per heavy atom. The molecular weight excluding hydrogens is 232 g/mol. The van der Waals surface area contributed by atoms with Crippen LogP contribution in [0.1, 0.15) is 27.6 Å². The van der Waals surface area contributed by atoms with Gasteiger partial charge in [0.1, 0.15) is 0 Å². The largest absolute Gasteiger partial charge is 0.293 e. The molecule has 1 atom stereocenters. The standard InChI is InChI=1S/C14H12O2S/c1-10(14(16)12-7-8-17-9-12)13(15)11-5-3-2-4-6-11/h2-10H,1H3. The van der Waals surface area contributed by atoms with E-state index in [0.717, 1.165) is 0 Å². The van der Waals surface area contributed by atoms with Crippen molar-refractivity contribution in [2.45, 2.75) is 6.92 Å². The second-order valence-corrected chi connectivity index (χ2v) is 4.61. The third-order valence-electron chi connectivity index (χ3n) is 2.65. The molecule has 0 amide bonds. The number of carbonyl (C=O) groups is 2. The van der Waals surface area contributed by atoms with Crippen molar-refractivity contribution in [3.8, 4) is 0 Å². The Labute approximate surface area is 104 Å². The van der Waals surface area contributed by atoms with Crippen LogP contribution in [-0.2, 0) is 0 Å². The van der Waals surface area contributed by atoms with Gasteiger partial charge in [0.05, 0.1) is 5.92 Å². The van der Waals surface area contributed by atoms with Crippen molar-refractivity contribution in [2.24, 2.45) is 5.92 Å². The zero-order chi connectivity index (χ0) is 12.3. The van der Waals surface area contributed by atoms with Crippen LogP contribution in [0.15, 0.2) is 47.2 Å². The van der Waals surface area contributed by atoms with E-state index in [9.17, 15) is 9.59 Å². The molecule has 3 heteroatoms. The van der Waals surface area contributed by atoms with Crippen LogP contribution in [0.3, 0.4) is 0 Å². The first-order valence-electron chi connectivity index (χ1n) is 5.36. The molecule has 1 unspecified atom stereocenters. The summed E-state index contributed by atoms with van der Waals surface area (Å²) in [6.45, 7) is 1.66. The smallest absolute Gasteiger partial charge is 0.174 e. The van der Waals surface area contributed by atoms with Crippen molar-refractivity contribution >= 4 is 22.9 Å². The molecule has 1 aromatic heterocycles. The van der Waals surface area contributed by atoms with Crippen LogP contribution in [0.25, 0.3) is 0 Å². The first-order valence-corrected chi connectivity index (χ1v) is 6.30.